The van der Waals surface area contributed by atoms with Crippen LogP contribution >= 0.6 is 15.9 Å². The zero-order chi connectivity index (χ0) is 30.4. The Balaban J connectivity index is 1.41. The van der Waals surface area contributed by atoms with Gasteiger partial charge in [0.05, 0.1) is 18.3 Å². The van der Waals surface area contributed by atoms with E-state index in [-0.39, 0.29) is 18.3 Å². The van der Waals surface area contributed by atoms with Crippen molar-refractivity contribution in [3.8, 4) is 35.1 Å². The molecule has 10 heteroatoms. The second-order valence-corrected chi connectivity index (χ2v) is 11.4. The predicted molar refractivity (Wildman–Crippen MR) is 169 cm³/mol. The lowest BCUT2D eigenvalue weighted by molar-refractivity contribution is 0.0239. The van der Waals surface area contributed by atoms with Gasteiger partial charge in [0.1, 0.15) is 11.4 Å². The number of aromatic nitrogens is 3. The molecule has 2 aromatic heterocycles. The molecule has 1 unspecified atom stereocenters. The molecule has 0 amide bonds. The minimum absolute atomic E-state index is 0.0205. The van der Waals surface area contributed by atoms with E-state index in [1.807, 2.05) is 61.1 Å². The third-order valence-electron chi connectivity index (χ3n) is 7.10. The summed E-state index contributed by atoms with van der Waals surface area (Å²) in [5, 5.41) is 9.32. The van der Waals surface area contributed by atoms with E-state index in [1.54, 1.807) is 18.3 Å². The number of benzene rings is 3. The quantitative estimate of drug-likeness (QED) is 0.0483. The number of nitrogens with zero attached hydrogens (tertiary/aromatic N) is 5. The van der Waals surface area contributed by atoms with Crippen molar-refractivity contribution in [3.05, 3.63) is 111 Å². The van der Waals surface area contributed by atoms with Gasteiger partial charge >= 0.3 is 0 Å². The Morgan fingerprint density at radius 3 is 2.81 bits per heavy atom. The van der Waals surface area contributed by atoms with Crippen LogP contribution in [0.3, 0.4) is 0 Å². The van der Waals surface area contributed by atoms with Gasteiger partial charge in [0, 0.05) is 56.5 Å². The van der Waals surface area contributed by atoms with E-state index < -0.39 is 11.4 Å². The molecule has 0 radical (unpaired) electrons. The molecular formula is C33H30BrFN6O2. The molecule has 218 valence electrons. The first-order valence-corrected chi connectivity index (χ1v) is 14.6. The van der Waals surface area contributed by atoms with Crippen LogP contribution in [0.2, 0.25) is 0 Å². The van der Waals surface area contributed by atoms with E-state index in [4.69, 9.17) is 26.5 Å². The number of terminal acetylenes is 1. The van der Waals surface area contributed by atoms with E-state index in [0.29, 0.717) is 23.4 Å². The maximum absolute atomic E-state index is 15.2. The second-order valence-electron chi connectivity index (χ2n) is 10.5. The molecule has 0 aliphatic carbocycles. The Kier molecular flexibility index (Phi) is 9.17. The molecule has 5 aromatic rings. The summed E-state index contributed by atoms with van der Waals surface area (Å²) in [6.45, 7) is 4.24. The first-order valence-electron chi connectivity index (χ1n) is 13.8. The summed E-state index contributed by atoms with van der Waals surface area (Å²) in [5.41, 5.74) is 12.0. The molecule has 0 fully saturated rings. The van der Waals surface area contributed by atoms with Gasteiger partial charge in [-0.15, -0.1) is 6.42 Å². The second kappa shape index (κ2) is 13.2. The first kappa shape index (κ1) is 29.9. The fraction of sp³-hybridized carbons (Fsp3) is 0.242. The number of hydrogen-bond acceptors (Lipinski definition) is 4. The lowest BCUT2D eigenvalue weighted by atomic mass is 10.0. The van der Waals surface area contributed by atoms with Crippen LogP contribution < -0.4 is 4.74 Å². The van der Waals surface area contributed by atoms with Crippen molar-refractivity contribution in [1.82, 2.24) is 14.8 Å². The van der Waals surface area contributed by atoms with Crippen molar-refractivity contribution < 1.29 is 13.9 Å². The Morgan fingerprint density at radius 1 is 1.19 bits per heavy atom. The Hall–Kier alpha value is -4.55. The van der Waals surface area contributed by atoms with Gasteiger partial charge in [-0.25, -0.2) is 4.39 Å². The molecule has 5 rings (SSSR count). The number of azide groups is 1. The van der Waals surface area contributed by atoms with Gasteiger partial charge in [-0.2, -0.15) is 5.10 Å². The summed E-state index contributed by atoms with van der Waals surface area (Å²) < 4.78 is 30.1. The highest BCUT2D eigenvalue weighted by atomic mass is 79.9. The molecule has 0 aliphatic heterocycles. The molecule has 2 heterocycles. The third kappa shape index (κ3) is 7.09. The molecule has 0 spiro atoms. The van der Waals surface area contributed by atoms with Crippen molar-refractivity contribution in [3.63, 3.8) is 0 Å². The number of aromatic amines is 1. The molecule has 1 N–H and O–H groups in total. The average Bonchev–Trinajstić information content (AvgIpc) is 3.67. The molecule has 8 nitrogen and oxygen atoms in total. The van der Waals surface area contributed by atoms with Gasteiger partial charge in [-0.3, -0.25) is 4.68 Å². The summed E-state index contributed by atoms with van der Waals surface area (Å²) in [6, 6.07) is 20.6. The van der Waals surface area contributed by atoms with E-state index in [1.165, 1.54) is 6.07 Å². The van der Waals surface area contributed by atoms with Crippen LogP contribution in [0.25, 0.3) is 32.6 Å². The predicted octanol–water partition coefficient (Wildman–Crippen LogP) is 9.33. The lowest BCUT2D eigenvalue weighted by Crippen LogP contribution is -2.22. The summed E-state index contributed by atoms with van der Waals surface area (Å²) in [4.78, 5) is 5.84. The Morgan fingerprint density at radius 2 is 2.02 bits per heavy atom. The average molecular weight is 642 g/mol. The van der Waals surface area contributed by atoms with Crippen LogP contribution in [-0.2, 0) is 11.3 Å². The molecule has 43 heavy (non-hydrogen) atoms. The molecule has 1 atom stereocenters. The third-order valence-corrected chi connectivity index (χ3v) is 7.59. The topological polar surface area (TPSA) is 101 Å². The van der Waals surface area contributed by atoms with Gasteiger partial charge < -0.3 is 14.5 Å². The highest BCUT2D eigenvalue weighted by Crippen LogP contribution is 2.36. The van der Waals surface area contributed by atoms with E-state index in [2.05, 4.69) is 49.0 Å². The highest BCUT2D eigenvalue weighted by molar-refractivity contribution is 9.10. The first-order chi connectivity index (χ1) is 20.8. The SMILES string of the molecule is C#CC(C)(C)OCCCC(c1cccc(Br)c1)n1ccc(-c2cccc(Oc3c(F)cc4[nH]ccc4c3CN=[N+]=[N-])c2)n1. The van der Waals surface area contributed by atoms with Crippen LogP contribution in [0, 0.1) is 18.2 Å². The molecule has 0 bridgehead atoms. The van der Waals surface area contributed by atoms with Crippen LogP contribution in [0.4, 0.5) is 4.39 Å². The summed E-state index contributed by atoms with van der Waals surface area (Å²) in [5.74, 6) is 2.56. The number of H-pyrrole nitrogens is 1. The molecule has 0 aliphatic rings. The van der Waals surface area contributed by atoms with Crippen LogP contribution in [0.1, 0.15) is 43.9 Å². The summed E-state index contributed by atoms with van der Waals surface area (Å²) in [7, 11) is 0. The number of halogens is 2. The molecular weight excluding hydrogens is 611 g/mol. The Bertz CT molecular complexity index is 1830. The largest absolute Gasteiger partial charge is 0.454 e. The van der Waals surface area contributed by atoms with E-state index in [9.17, 15) is 0 Å². The number of rotatable bonds is 12. The normalized spacial score (nSPS) is 12.1. The van der Waals surface area contributed by atoms with Crippen LogP contribution in [-0.4, -0.2) is 27.0 Å². The fourth-order valence-corrected chi connectivity index (χ4v) is 5.32. The fourth-order valence-electron chi connectivity index (χ4n) is 4.91. The van der Waals surface area contributed by atoms with Gasteiger partial charge in [0.2, 0.25) is 0 Å². The monoisotopic (exact) mass is 640 g/mol. The summed E-state index contributed by atoms with van der Waals surface area (Å²) in [6.07, 6.45) is 10.8. The lowest BCUT2D eigenvalue weighted by Gasteiger charge is -2.21. The highest BCUT2D eigenvalue weighted by Gasteiger charge is 2.20. The molecule has 0 saturated carbocycles. The molecule has 3 aromatic carbocycles. The van der Waals surface area contributed by atoms with Crippen molar-refractivity contribution in [2.24, 2.45) is 5.11 Å². The van der Waals surface area contributed by atoms with E-state index in [0.717, 1.165) is 39.5 Å². The maximum atomic E-state index is 15.2. The standard InChI is InChI=1S/C33H30BrFN6O2/c1-4-33(2,3)42-17-7-12-31(23-9-5-10-24(34)18-23)41-16-14-29(39-41)22-8-6-11-25(19-22)43-32-27(21-38-40-36)26-13-15-37-30(26)20-28(32)35/h1,5-6,8-11,13-16,18-20,31,37H,7,12,17,21H2,2-3H3. The molecule has 0 saturated heterocycles. The number of ether oxygens (including phenoxy) is 2. The van der Waals surface area contributed by atoms with Gasteiger partial charge in [0.15, 0.2) is 11.6 Å². The zero-order valence-corrected chi connectivity index (χ0v) is 25.4. The Labute approximate surface area is 257 Å². The van der Waals surface area contributed by atoms with Crippen LogP contribution in [0.15, 0.2) is 88.7 Å². The van der Waals surface area contributed by atoms with Crippen LogP contribution in [0.5, 0.6) is 11.5 Å². The zero-order valence-electron chi connectivity index (χ0n) is 23.8. The maximum Gasteiger partial charge on any atom is 0.168 e. The smallest absolute Gasteiger partial charge is 0.168 e. The minimum atomic E-state index is -0.614. The van der Waals surface area contributed by atoms with Gasteiger partial charge in [-0.05, 0) is 74.2 Å². The van der Waals surface area contributed by atoms with E-state index >= 15 is 4.39 Å². The van der Waals surface area contributed by atoms with Gasteiger partial charge in [-0.1, -0.05) is 51.2 Å². The minimum Gasteiger partial charge on any atom is -0.454 e. The number of nitrogens with one attached hydrogen (secondary N) is 1. The van der Waals surface area contributed by atoms with Crippen molar-refractivity contribution in [1.29, 1.82) is 0 Å². The van der Waals surface area contributed by atoms with Crippen molar-refractivity contribution in [2.75, 3.05) is 6.61 Å². The number of fused-ring (bicyclic) bond motifs is 1. The van der Waals surface area contributed by atoms with Crippen molar-refractivity contribution in [2.45, 2.75) is 44.9 Å². The summed E-state index contributed by atoms with van der Waals surface area (Å²) >= 11 is 3.59. The van der Waals surface area contributed by atoms with Crippen molar-refractivity contribution >= 4 is 26.8 Å². The van der Waals surface area contributed by atoms with Gasteiger partial charge in [0.25, 0.3) is 0 Å². The number of hydrogen-bond donors (Lipinski definition) is 1.